The molecule has 3 amide bonds. The summed E-state index contributed by atoms with van der Waals surface area (Å²) in [4.78, 5) is 49.0. The summed E-state index contributed by atoms with van der Waals surface area (Å²) < 4.78 is 4.11. The summed E-state index contributed by atoms with van der Waals surface area (Å²) in [5.74, 6) is -0.881. The van der Waals surface area contributed by atoms with Crippen LogP contribution < -0.4 is 9.64 Å². The lowest BCUT2D eigenvalue weighted by molar-refractivity contribution is -0.145. The molecule has 3 heterocycles. The Labute approximate surface area is 264 Å². The highest BCUT2D eigenvalue weighted by molar-refractivity contribution is 8.02. The van der Waals surface area contributed by atoms with Gasteiger partial charge in [0.15, 0.2) is 0 Å². The average Bonchev–Trinajstić information content (AvgIpc) is 3.60. The number of amides is 3. The molecule has 3 aliphatic heterocycles. The maximum atomic E-state index is 14.7. The Bertz CT molecular complexity index is 1380. The van der Waals surface area contributed by atoms with Crippen molar-refractivity contribution >= 4 is 35.2 Å². The van der Waals surface area contributed by atoms with E-state index >= 15 is 0 Å². The molecular weight excluding hydrogens is 574 g/mol. The van der Waals surface area contributed by atoms with E-state index in [-0.39, 0.29) is 30.9 Å². The van der Waals surface area contributed by atoms with E-state index in [2.05, 4.69) is 20.1 Å². The molecule has 3 saturated heterocycles. The SMILES string of the molecule is C=CCN(Cc1ccccc1)C(=O)[C@@H]1[C@H]2C(=O)N(CCCCO)C(C(=O)N(CC=C)c3ccc(OC)cc3)C23CC[C@@]1(C)S3. The monoisotopic (exact) mass is 617 g/mol. The number of methoxy groups -OCH3 is 1. The fraction of sp³-hybridized carbons (Fsp3) is 0.457. The highest BCUT2D eigenvalue weighted by atomic mass is 32.2. The number of benzene rings is 2. The third-order valence-corrected chi connectivity index (χ3v) is 11.4. The van der Waals surface area contributed by atoms with Crippen molar-refractivity contribution in [1.82, 2.24) is 9.80 Å². The first-order chi connectivity index (χ1) is 21.2. The predicted molar refractivity (Wildman–Crippen MR) is 174 cm³/mol. The van der Waals surface area contributed by atoms with Gasteiger partial charge in [0, 0.05) is 43.2 Å². The molecule has 3 fully saturated rings. The van der Waals surface area contributed by atoms with Crippen LogP contribution in [0, 0.1) is 11.8 Å². The lowest BCUT2D eigenvalue weighted by Gasteiger charge is -2.38. The van der Waals surface area contributed by atoms with Crippen LogP contribution in [-0.4, -0.2) is 81.5 Å². The number of ether oxygens (including phenoxy) is 1. The van der Waals surface area contributed by atoms with Crippen LogP contribution in [0.1, 0.15) is 38.2 Å². The Morgan fingerprint density at radius 3 is 2.39 bits per heavy atom. The van der Waals surface area contributed by atoms with Crippen LogP contribution in [0.15, 0.2) is 79.9 Å². The number of likely N-dealkylation sites (tertiary alicyclic amines) is 1. The topological polar surface area (TPSA) is 90.4 Å². The first-order valence-electron chi connectivity index (χ1n) is 15.4. The summed E-state index contributed by atoms with van der Waals surface area (Å²) in [6.45, 7) is 11.3. The van der Waals surface area contributed by atoms with Crippen molar-refractivity contribution in [2.24, 2.45) is 11.8 Å². The molecular formula is C35H43N3O5S. The predicted octanol–water partition coefficient (Wildman–Crippen LogP) is 4.68. The van der Waals surface area contributed by atoms with Crippen molar-refractivity contribution in [3.63, 3.8) is 0 Å². The Balaban J connectivity index is 1.54. The Morgan fingerprint density at radius 1 is 1.05 bits per heavy atom. The normalized spacial score (nSPS) is 26.8. The summed E-state index contributed by atoms with van der Waals surface area (Å²) in [5, 5.41) is 9.51. The third kappa shape index (κ3) is 5.56. The smallest absolute Gasteiger partial charge is 0.251 e. The lowest BCUT2D eigenvalue weighted by atomic mass is 9.66. The molecule has 44 heavy (non-hydrogen) atoms. The van der Waals surface area contributed by atoms with Gasteiger partial charge in [0.1, 0.15) is 11.8 Å². The fourth-order valence-corrected chi connectivity index (χ4v) is 9.81. The number of fused-ring (bicyclic) bond motifs is 1. The van der Waals surface area contributed by atoms with Crippen LogP contribution >= 0.6 is 11.8 Å². The van der Waals surface area contributed by atoms with Gasteiger partial charge in [-0.1, -0.05) is 42.5 Å². The Kier molecular flexibility index (Phi) is 9.56. The molecule has 0 aromatic heterocycles. The number of unbranched alkanes of at least 4 members (excludes halogenated alkanes) is 1. The second kappa shape index (κ2) is 13.2. The van der Waals surface area contributed by atoms with Gasteiger partial charge in [-0.25, -0.2) is 0 Å². The quantitative estimate of drug-likeness (QED) is 0.245. The highest BCUT2D eigenvalue weighted by Crippen LogP contribution is 2.71. The largest absolute Gasteiger partial charge is 0.497 e. The molecule has 5 atom stereocenters. The minimum Gasteiger partial charge on any atom is -0.497 e. The van der Waals surface area contributed by atoms with Crippen LogP contribution in [-0.2, 0) is 20.9 Å². The standard InChI is InChI=1S/C35H43N3O5S/c1-5-20-36(24-25-12-8-7-9-13-25)31(40)28-29-32(41)38(22-10-11-23-39)30(35(29)19-18-34(28,3)44-35)33(42)37(21-6-2)26-14-16-27(43-4)17-15-26/h5-9,12-17,28-30,39H,1-2,10-11,18-24H2,3-4H3/t28-,29-,30?,34+,35?/m0/s1. The molecule has 234 valence electrons. The van der Waals surface area contributed by atoms with Gasteiger partial charge < -0.3 is 24.5 Å². The van der Waals surface area contributed by atoms with E-state index in [9.17, 15) is 19.5 Å². The number of carbonyl (C=O) groups excluding carboxylic acids is 3. The van der Waals surface area contributed by atoms with Crippen molar-refractivity contribution in [3.05, 3.63) is 85.5 Å². The van der Waals surface area contributed by atoms with Gasteiger partial charge in [-0.3, -0.25) is 14.4 Å². The number of rotatable bonds is 14. The number of aliphatic hydroxyl groups excluding tert-OH is 1. The summed E-state index contributed by atoms with van der Waals surface area (Å²) in [5.41, 5.74) is 1.70. The highest BCUT2D eigenvalue weighted by Gasteiger charge is 2.77. The van der Waals surface area contributed by atoms with Crippen molar-refractivity contribution < 1.29 is 24.2 Å². The van der Waals surface area contributed by atoms with E-state index in [4.69, 9.17) is 4.74 Å². The fourth-order valence-electron chi connectivity index (χ4n) is 7.47. The van der Waals surface area contributed by atoms with Gasteiger partial charge in [0.2, 0.25) is 11.8 Å². The van der Waals surface area contributed by atoms with E-state index in [1.54, 1.807) is 45.7 Å². The zero-order chi connectivity index (χ0) is 31.5. The van der Waals surface area contributed by atoms with E-state index in [0.717, 1.165) is 12.0 Å². The number of carbonyl (C=O) groups is 3. The minimum absolute atomic E-state index is 0.00752. The van der Waals surface area contributed by atoms with Crippen LogP contribution in [0.4, 0.5) is 5.69 Å². The molecule has 0 saturated carbocycles. The second-order valence-corrected chi connectivity index (χ2v) is 14.0. The number of aliphatic hydroxyl groups is 1. The molecule has 9 heteroatoms. The van der Waals surface area contributed by atoms with Crippen molar-refractivity contribution in [2.45, 2.75) is 54.7 Å². The zero-order valence-corrected chi connectivity index (χ0v) is 26.5. The molecule has 3 aliphatic rings. The number of thioether (sulfide) groups is 1. The van der Waals surface area contributed by atoms with Gasteiger partial charge in [-0.05, 0) is 62.4 Å². The van der Waals surface area contributed by atoms with Gasteiger partial charge in [-0.15, -0.1) is 24.9 Å². The van der Waals surface area contributed by atoms with Gasteiger partial charge >= 0.3 is 0 Å². The summed E-state index contributed by atoms with van der Waals surface area (Å²) >= 11 is 1.67. The van der Waals surface area contributed by atoms with Crippen LogP contribution in [0.5, 0.6) is 5.75 Å². The Morgan fingerprint density at radius 2 is 1.75 bits per heavy atom. The number of anilines is 1. The minimum atomic E-state index is -0.743. The molecule has 2 aromatic carbocycles. The van der Waals surface area contributed by atoms with Gasteiger partial charge in [0.25, 0.3) is 5.91 Å². The molecule has 0 aliphatic carbocycles. The molecule has 0 radical (unpaired) electrons. The van der Waals surface area contributed by atoms with E-state index in [1.807, 2.05) is 54.6 Å². The lowest BCUT2D eigenvalue weighted by Crippen LogP contribution is -2.55. The maximum Gasteiger partial charge on any atom is 0.251 e. The van der Waals surface area contributed by atoms with Crippen LogP contribution in [0.2, 0.25) is 0 Å². The summed E-state index contributed by atoms with van der Waals surface area (Å²) in [6.07, 6.45) is 5.92. The average molecular weight is 618 g/mol. The van der Waals surface area contributed by atoms with Crippen LogP contribution in [0.25, 0.3) is 0 Å². The molecule has 5 rings (SSSR count). The molecule has 2 unspecified atom stereocenters. The maximum absolute atomic E-state index is 14.7. The number of nitrogens with zero attached hydrogens (tertiary/aromatic N) is 3. The first-order valence-corrected chi connectivity index (χ1v) is 16.2. The first kappa shape index (κ1) is 31.9. The molecule has 1 N–H and O–H groups in total. The molecule has 1 spiro atoms. The van der Waals surface area contributed by atoms with E-state index < -0.39 is 27.4 Å². The molecule has 2 aromatic rings. The van der Waals surface area contributed by atoms with Crippen molar-refractivity contribution in [3.8, 4) is 5.75 Å². The zero-order valence-electron chi connectivity index (χ0n) is 25.7. The second-order valence-electron chi connectivity index (χ2n) is 12.1. The molecule has 8 nitrogen and oxygen atoms in total. The van der Waals surface area contributed by atoms with E-state index in [0.29, 0.717) is 50.3 Å². The van der Waals surface area contributed by atoms with Gasteiger partial charge in [0.05, 0.1) is 23.7 Å². The summed E-state index contributed by atoms with van der Waals surface area (Å²) in [7, 11) is 1.59. The number of hydrogen-bond donors (Lipinski definition) is 1. The van der Waals surface area contributed by atoms with Gasteiger partial charge in [-0.2, -0.15) is 0 Å². The summed E-state index contributed by atoms with van der Waals surface area (Å²) in [6, 6.07) is 16.4. The Hall–Kier alpha value is -3.56. The third-order valence-electron chi connectivity index (χ3n) is 9.42. The van der Waals surface area contributed by atoms with Crippen LogP contribution in [0.3, 0.4) is 0 Å². The van der Waals surface area contributed by atoms with Crippen molar-refractivity contribution in [1.29, 1.82) is 0 Å². The van der Waals surface area contributed by atoms with E-state index in [1.165, 1.54) is 0 Å². The number of hydrogen-bond acceptors (Lipinski definition) is 6. The molecule has 2 bridgehead atoms. The van der Waals surface area contributed by atoms with Crippen molar-refractivity contribution in [2.75, 3.05) is 38.3 Å².